The highest BCUT2D eigenvalue weighted by Crippen LogP contribution is 2.27. The third kappa shape index (κ3) is 5.65. The summed E-state index contributed by atoms with van der Waals surface area (Å²) >= 11 is 0. The van der Waals surface area contributed by atoms with E-state index in [0.717, 1.165) is 30.0 Å². The SMILES string of the molecule is CCNc1ncc2c(n1)N(C)CCN(c1cccc(-n3cc(CN(C)CCc4ccccc4)nn3)c1)C2=O. The summed E-state index contributed by atoms with van der Waals surface area (Å²) in [5, 5.41) is 11.9. The van der Waals surface area contributed by atoms with Crippen molar-refractivity contribution in [3.05, 3.63) is 83.8 Å². The van der Waals surface area contributed by atoms with Gasteiger partial charge in [0, 0.05) is 51.7 Å². The van der Waals surface area contributed by atoms with Crippen molar-refractivity contribution in [3.8, 4) is 5.69 Å². The van der Waals surface area contributed by atoms with E-state index in [9.17, 15) is 4.79 Å². The van der Waals surface area contributed by atoms with Crippen LogP contribution >= 0.6 is 0 Å². The van der Waals surface area contributed by atoms with Crippen molar-refractivity contribution in [2.75, 3.05) is 55.4 Å². The number of nitrogens with one attached hydrogen (secondary N) is 1. The highest BCUT2D eigenvalue weighted by molar-refractivity contribution is 6.09. The minimum absolute atomic E-state index is 0.121. The van der Waals surface area contributed by atoms with Gasteiger partial charge in [-0.2, -0.15) is 4.98 Å². The van der Waals surface area contributed by atoms with Crippen LogP contribution in [0.2, 0.25) is 0 Å². The molecular formula is C28H33N9O. The van der Waals surface area contributed by atoms with Crippen LogP contribution in [-0.2, 0) is 13.0 Å². The van der Waals surface area contributed by atoms with Gasteiger partial charge in [0.2, 0.25) is 5.95 Å². The average Bonchev–Trinajstić information content (AvgIpc) is 3.36. The molecule has 0 saturated carbocycles. The van der Waals surface area contributed by atoms with Gasteiger partial charge in [-0.25, -0.2) is 9.67 Å². The standard InChI is InChI=1S/C28H33N9O/c1-4-29-28-30-18-25-26(31-28)35(3)15-16-36(27(25)38)23-11-8-12-24(17-23)37-20-22(32-33-37)19-34(2)14-13-21-9-6-5-7-10-21/h5-12,17-18,20H,4,13-16,19H2,1-3H3,(H,29,30,31). The second kappa shape index (κ2) is 11.4. The van der Waals surface area contributed by atoms with Crippen molar-refractivity contribution < 1.29 is 4.79 Å². The van der Waals surface area contributed by atoms with E-state index in [4.69, 9.17) is 0 Å². The van der Waals surface area contributed by atoms with E-state index in [1.807, 2.05) is 55.4 Å². The van der Waals surface area contributed by atoms with Crippen molar-refractivity contribution in [2.24, 2.45) is 0 Å². The number of aromatic nitrogens is 5. The summed E-state index contributed by atoms with van der Waals surface area (Å²) in [7, 11) is 4.04. The van der Waals surface area contributed by atoms with Crippen molar-refractivity contribution in [3.63, 3.8) is 0 Å². The number of anilines is 3. The van der Waals surface area contributed by atoms with Crippen molar-refractivity contribution in [1.29, 1.82) is 0 Å². The van der Waals surface area contributed by atoms with Gasteiger partial charge < -0.3 is 20.0 Å². The highest BCUT2D eigenvalue weighted by atomic mass is 16.2. The van der Waals surface area contributed by atoms with Crippen LogP contribution in [-0.4, -0.2) is 76.0 Å². The fourth-order valence-corrected chi connectivity index (χ4v) is 4.53. The molecule has 10 nitrogen and oxygen atoms in total. The summed E-state index contributed by atoms with van der Waals surface area (Å²) < 4.78 is 1.76. The molecule has 0 unspecified atom stereocenters. The lowest BCUT2D eigenvalue weighted by molar-refractivity contribution is 0.0989. The summed E-state index contributed by atoms with van der Waals surface area (Å²) in [6, 6.07) is 18.3. The van der Waals surface area contributed by atoms with E-state index >= 15 is 0 Å². The van der Waals surface area contributed by atoms with Crippen molar-refractivity contribution in [1.82, 2.24) is 29.9 Å². The number of hydrogen-bond donors (Lipinski definition) is 1. The largest absolute Gasteiger partial charge is 0.357 e. The zero-order valence-electron chi connectivity index (χ0n) is 22.1. The first-order valence-corrected chi connectivity index (χ1v) is 12.9. The predicted octanol–water partition coefficient (Wildman–Crippen LogP) is 3.26. The third-order valence-electron chi connectivity index (χ3n) is 6.60. The van der Waals surface area contributed by atoms with Crippen LogP contribution in [0.25, 0.3) is 5.69 Å². The van der Waals surface area contributed by atoms with E-state index in [1.54, 1.807) is 15.8 Å². The monoisotopic (exact) mass is 511 g/mol. The Kier molecular flexibility index (Phi) is 7.60. The first-order chi connectivity index (χ1) is 18.5. The second-order valence-electron chi connectivity index (χ2n) is 9.49. The molecule has 0 aliphatic carbocycles. The molecule has 0 fully saturated rings. The lowest BCUT2D eigenvalue weighted by atomic mass is 10.1. The Hall–Kier alpha value is -4.31. The number of carbonyl (C=O) groups is 1. The number of likely N-dealkylation sites (N-methyl/N-ethyl adjacent to an activating group) is 2. The Morgan fingerprint density at radius 2 is 1.87 bits per heavy atom. The Bertz CT molecular complexity index is 1390. The van der Waals surface area contributed by atoms with Gasteiger partial charge in [0.1, 0.15) is 11.4 Å². The molecule has 1 aliphatic rings. The minimum Gasteiger partial charge on any atom is -0.357 e. The van der Waals surface area contributed by atoms with Crippen LogP contribution in [0, 0.1) is 0 Å². The van der Waals surface area contributed by atoms with Gasteiger partial charge >= 0.3 is 0 Å². The zero-order valence-corrected chi connectivity index (χ0v) is 22.1. The lowest BCUT2D eigenvalue weighted by Gasteiger charge is -2.21. The van der Waals surface area contributed by atoms with E-state index in [2.05, 4.69) is 61.8 Å². The number of rotatable bonds is 9. The summed E-state index contributed by atoms with van der Waals surface area (Å²) in [6.07, 6.45) is 4.54. The number of fused-ring (bicyclic) bond motifs is 1. The number of benzene rings is 2. The number of nitrogens with zero attached hydrogens (tertiary/aromatic N) is 8. The molecular weight excluding hydrogens is 478 g/mol. The number of amides is 1. The van der Waals surface area contributed by atoms with Gasteiger partial charge in [-0.1, -0.05) is 41.6 Å². The molecule has 10 heteroatoms. The molecule has 0 spiro atoms. The first-order valence-electron chi connectivity index (χ1n) is 12.9. The maximum atomic E-state index is 13.5. The van der Waals surface area contributed by atoms with Gasteiger partial charge in [-0.3, -0.25) is 4.79 Å². The summed E-state index contributed by atoms with van der Waals surface area (Å²) in [4.78, 5) is 28.5. The molecule has 196 valence electrons. The molecule has 5 rings (SSSR count). The van der Waals surface area contributed by atoms with Gasteiger partial charge in [0.25, 0.3) is 5.91 Å². The maximum absolute atomic E-state index is 13.5. The van der Waals surface area contributed by atoms with E-state index < -0.39 is 0 Å². The lowest BCUT2D eigenvalue weighted by Crippen LogP contribution is -2.33. The van der Waals surface area contributed by atoms with Crippen LogP contribution in [0.15, 0.2) is 67.0 Å². The minimum atomic E-state index is -0.121. The van der Waals surface area contributed by atoms with Gasteiger partial charge in [0.05, 0.1) is 17.6 Å². The first kappa shape index (κ1) is 25.3. The molecule has 0 radical (unpaired) electrons. The molecule has 1 N–H and O–H groups in total. The topological polar surface area (TPSA) is 95.3 Å². The third-order valence-corrected chi connectivity index (χ3v) is 6.60. The van der Waals surface area contributed by atoms with Gasteiger partial charge in [-0.15, -0.1) is 5.10 Å². The fourth-order valence-electron chi connectivity index (χ4n) is 4.53. The second-order valence-corrected chi connectivity index (χ2v) is 9.49. The average molecular weight is 512 g/mol. The highest BCUT2D eigenvalue weighted by Gasteiger charge is 2.28. The van der Waals surface area contributed by atoms with E-state index in [0.29, 0.717) is 43.5 Å². The molecule has 0 atom stereocenters. The fraction of sp³-hybridized carbons (Fsp3) is 0.321. The van der Waals surface area contributed by atoms with Gasteiger partial charge in [-0.05, 0) is 44.2 Å². The van der Waals surface area contributed by atoms with Crippen LogP contribution in [0.1, 0.15) is 28.5 Å². The Balaban J connectivity index is 1.30. The Morgan fingerprint density at radius 1 is 1.05 bits per heavy atom. The Morgan fingerprint density at radius 3 is 2.68 bits per heavy atom. The van der Waals surface area contributed by atoms with Crippen LogP contribution in [0.5, 0.6) is 0 Å². The smallest absolute Gasteiger partial charge is 0.263 e. The van der Waals surface area contributed by atoms with Crippen LogP contribution in [0.3, 0.4) is 0 Å². The molecule has 4 aromatic rings. The molecule has 1 aliphatic heterocycles. The molecule has 2 aromatic carbocycles. The van der Waals surface area contributed by atoms with Crippen molar-refractivity contribution >= 4 is 23.4 Å². The molecule has 2 aromatic heterocycles. The quantitative estimate of drug-likeness (QED) is 0.366. The van der Waals surface area contributed by atoms with Gasteiger partial charge in [0.15, 0.2) is 0 Å². The zero-order chi connectivity index (χ0) is 26.5. The van der Waals surface area contributed by atoms with Crippen LogP contribution < -0.4 is 15.1 Å². The molecule has 38 heavy (non-hydrogen) atoms. The van der Waals surface area contributed by atoms with Crippen molar-refractivity contribution in [2.45, 2.75) is 19.9 Å². The number of carbonyl (C=O) groups excluding carboxylic acids is 1. The van der Waals surface area contributed by atoms with Crippen LogP contribution in [0.4, 0.5) is 17.5 Å². The summed E-state index contributed by atoms with van der Waals surface area (Å²) in [6.45, 7) is 5.51. The maximum Gasteiger partial charge on any atom is 0.263 e. The number of hydrogen-bond acceptors (Lipinski definition) is 8. The predicted molar refractivity (Wildman–Crippen MR) is 149 cm³/mol. The summed E-state index contributed by atoms with van der Waals surface area (Å²) in [5.41, 5.74) is 4.33. The molecule has 3 heterocycles. The van der Waals surface area contributed by atoms with E-state index in [1.165, 1.54) is 5.56 Å². The molecule has 0 bridgehead atoms. The molecule has 0 saturated heterocycles. The normalized spacial score (nSPS) is 13.5. The Labute approximate surface area is 222 Å². The van der Waals surface area contributed by atoms with E-state index in [-0.39, 0.29) is 5.91 Å². The molecule has 1 amide bonds. The summed E-state index contributed by atoms with van der Waals surface area (Å²) in [5.74, 6) is 1.04.